The average Bonchev–Trinajstić information content (AvgIpc) is 2.05. The van der Waals surface area contributed by atoms with Gasteiger partial charge in [0.1, 0.15) is 5.75 Å². The van der Waals surface area contributed by atoms with Gasteiger partial charge in [-0.1, -0.05) is 18.2 Å². The Morgan fingerprint density at radius 1 is 1.25 bits per heavy atom. The molecule has 0 saturated carbocycles. The van der Waals surface area contributed by atoms with Gasteiger partial charge in [-0.3, -0.25) is 5.41 Å². The third-order valence-corrected chi connectivity index (χ3v) is 0.979. The summed E-state index contributed by atoms with van der Waals surface area (Å²) in [5, 5.41) is 6.06. The summed E-state index contributed by atoms with van der Waals surface area (Å²) in [5.74, 6) is 0.576. The monoisotopic (exact) mass is 167 g/mol. The van der Waals surface area contributed by atoms with Crippen molar-refractivity contribution in [3.05, 3.63) is 30.3 Å². The molecule has 1 aromatic rings. The minimum Gasteiger partial charge on any atom is -0.497 e. The molecule has 0 atom stereocenters. The maximum atomic E-state index is 6.06. The van der Waals surface area contributed by atoms with Crippen LogP contribution in [0.4, 0.5) is 0 Å². The molecule has 0 fully saturated rings. The predicted octanol–water partition coefficient (Wildman–Crippen LogP) is 0.534. The fourth-order valence-corrected chi connectivity index (χ4v) is 0.557. The number of methoxy groups -OCH3 is 1. The highest BCUT2D eigenvalue weighted by molar-refractivity contribution is 5.71. The molecule has 5 N–H and O–H groups in total. The maximum Gasteiger partial charge on any atom is 0.183 e. The lowest BCUT2D eigenvalue weighted by molar-refractivity contribution is 0.415. The van der Waals surface area contributed by atoms with E-state index in [2.05, 4.69) is 11.5 Å². The van der Waals surface area contributed by atoms with Crippen LogP contribution in [-0.2, 0) is 0 Å². The number of benzene rings is 1. The molecule has 0 radical (unpaired) electrons. The van der Waals surface area contributed by atoms with E-state index in [0.29, 0.717) is 0 Å². The topological polar surface area (TPSA) is 85.1 Å². The molecule has 0 aliphatic carbocycles. The van der Waals surface area contributed by atoms with Gasteiger partial charge in [0.05, 0.1) is 7.11 Å². The van der Waals surface area contributed by atoms with Crippen LogP contribution in [0.1, 0.15) is 0 Å². The first-order valence-electron chi connectivity index (χ1n) is 3.35. The minimum absolute atomic E-state index is 0.333. The van der Waals surface area contributed by atoms with E-state index in [1.807, 2.05) is 30.3 Å². The molecule has 0 aliphatic heterocycles. The smallest absolute Gasteiger partial charge is 0.183 e. The Bertz CT molecular complexity index is 219. The van der Waals surface area contributed by atoms with Crippen molar-refractivity contribution >= 4 is 5.96 Å². The number of rotatable bonds is 1. The Balaban J connectivity index is 0.000000261. The zero-order valence-corrected chi connectivity index (χ0v) is 6.95. The number of ether oxygens (including phenoxy) is 1. The molecule has 0 saturated heterocycles. The highest BCUT2D eigenvalue weighted by Gasteiger charge is 1.80. The largest absolute Gasteiger partial charge is 0.497 e. The van der Waals surface area contributed by atoms with Gasteiger partial charge in [-0.05, 0) is 12.1 Å². The maximum absolute atomic E-state index is 6.06. The molecule has 4 nitrogen and oxygen atoms in total. The first-order valence-corrected chi connectivity index (χ1v) is 3.35. The van der Waals surface area contributed by atoms with Gasteiger partial charge < -0.3 is 16.2 Å². The van der Waals surface area contributed by atoms with Crippen LogP contribution in [0.5, 0.6) is 5.75 Å². The molecule has 0 unspecified atom stereocenters. The standard InChI is InChI=1S/C7H8O.CH5N3/c1-8-7-5-3-2-4-6-7;2-1(3)4/h2-6H,1H3;(H5,2,3,4). The van der Waals surface area contributed by atoms with Crippen LogP contribution in [0.3, 0.4) is 0 Å². The Labute approximate surface area is 71.6 Å². The number of guanidine groups is 1. The van der Waals surface area contributed by atoms with Gasteiger partial charge in [0.25, 0.3) is 0 Å². The summed E-state index contributed by atoms with van der Waals surface area (Å²) in [6.07, 6.45) is 0. The number of nitrogens with one attached hydrogen (secondary N) is 1. The predicted molar refractivity (Wildman–Crippen MR) is 49.1 cm³/mol. The lowest BCUT2D eigenvalue weighted by Crippen LogP contribution is -2.20. The van der Waals surface area contributed by atoms with Crippen molar-refractivity contribution < 1.29 is 4.74 Å². The van der Waals surface area contributed by atoms with E-state index in [9.17, 15) is 0 Å². The van der Waals surface area contributed by atoms with Crippen LogP contribution >= 0.6 is 0 Å². The molecule has 0 aliphatic rings. The summed E-state index contributed by atoms with van der Waals surface area (Å²) < 4.78 is 4.91. The van der Waals surface area contributed by atoms with E-state index in [4.69, 9.17) is 10.1 Å². The molecule has 12 heavy (non-hydrogen) atoms. The molecule has 66 valence electrons. The van der Waals surface area contributed by atoms with Crippen LogP contribution < -0.4 is 16.2 Å². The molecular weight excluding hydrogens is 154 g/mol. The van der Waals surface area contributed by atoms with E-state index in [0.717, 1.165) is 5.75 Å². The summed E-state index contributed by atoms with van der Waals surface area (Å²) in [4.78, 5) is 0. The normalized spacial score (nSPS) is 7.75. The Morgan fingerprint density at radius 2 is 1.67 bits per heavy atom. The minimum atomic E-state index is -0.333. The third kappa shape index (κ3) is 6.41. The summed E-state index contributed by atoms with van der Waals surface area (Å²) >= 11 is 0. The Kier molecular flexibility index (Phi) is 5.17. The summed E-state index contributed by atoms with van der Waals surface area (Å²) in [6, 6.07) is 9.68. The summed E-state index contributed by atoms with van der Waals surface area (Å²) in [5.41, 5.74) is 8.94. The van der Waals surface area contributed by atoms with Crippen LogP contribution in [-0.4, -0.2) is 13.1 Å². The molecule has 0 bridgehead atoms. The number of hydrogen-bond acceptors (Lipinski definition) is 2. The lowest BCUT2D eigenvalue weighted by atomic mass is 10.3. The highest BCUT2D eigenvalue weighted by Crippen LogP contribution is 2.05. The van der Waals surface area contributed by atoms with Gasteiger partial charge >= 0.3 is 0 Å². The molecule has 0 spiro atoms. The molecule has 0 heterocycles. The number of hydrogen-bond donors (Lipinski definition) is 3. The second kappa shape index (κ2) is 6.03. The molecule has 1 rings (SSSR count). The van der Waals surface area contributed by atoms with Crippen molar-refractivity contribution in [2.45, 2.75) is 0 Å². The molecule has 0 aromatic heterocycles. The van der Waals surface area contributed by atoms with Crippen molar-refractivity contribution in [2.24, 2.45) is 11.5 Å². The quantitative estimate of drug-likeness (QED) is 0.421. The first kappa shape index (κ1) is 10.3. The Morgan fingerprint density at radius 3 is 1.92 bits per heavy atom. The van der Waals surface area contributed by atoms with Crippen molar-refractivity contribution in [1.82, 2.24) is 0 Å². The number of para-hydroxylation sites is 1. The van der Waals surface area contributed by atoms with Gasteiger partial charge in [0.2, 0.25) is 0 Å². The van der Waals surface area contributed by atoms with E-state index in [1.165, 1.54) is 0 Å². The van der Waals surface area contributed by atoms with E-state index in [-0.39, 0.29) is 5.96 Å². The zero-order chi connectivity index (χ0) is 9.40. The SMILES string of the molecule is COc1ccccc1.N=C(N)N. The third-order valence-electron chi connectivity index (χ3n) is 0.979. The molecule has 0 amide bonds. The first-order chi connectivity index (χ1) is 5.66. The van der Waals surface area contributed by atoms with Crippen molar-refractivity contribution in [3.8, 4) is 5.75 Å². The van der Waals surface area contributed by atoms with Crippen molar-refractivity contribution in [2.75, 3.05) is 7.11 Å². The summed E-state index contributed by atoms with van der Waals surface area (Å²) in [6.45, 7) is 0. The van der Waals surface area contributed by atoms with Crippen molar-refractivity contribution in [3.63, 3.8) is 0 Å². The summed E-state index contributed by atoms with van der Waals surface area (Å²) in [7, 11) is 1.66. The second-order valence-corrected chi connectivity index (χ2v) is 1.97. The zero-order valence-electron chi connectivity index (χ0n) is 6.95. The fourth-order valence-electron chi connectivity index (χ4n) is 0.557. The van der Waals surface area contributed by atoms with E-state index >= 15 is 0 Å². The van der Waals surface area contributed by atoms with Gasteiger partial charge in [-0.15, -0.1) is 0 Å². The highest BCUT2D eigenvalue weighted by atomic mass is 16.5. The van der Waals surface area contributed by atoms with Gasteiger partial charge in [0, 0.05) is 0 Å². The van der Waals surface area contributed by atoms with Crippen molar-refractivity contribution in [1.29, 1.82) is 5.41 Å². The van der Waals surface area contributed by atoms with Crippen LogP contribution in [0.15, 0.2) is 30.3 Å². The second-order valence-electron chi connectivity index (χ2n) is 1.97. The number of nitrogens with two attached hydrogens (primary N) is 2. The average molecular weight is 167 g/mol. The van der Waals surface area contributed by atoms with E-state index < -0.39 is 0 Å². The molecule has 4 heteroatoms. The van der Waals surface area contributed by atoms with Gasteiger partial charge in [0.15, 0.2) is 5.96 Å². The van der Waals surface area contributed by atoms with Crippen LogP contribution in [0.2, 0.25) is 0 Å². The van der Waals surface area contributed by atoms with Gasteiger partial charge in [-0.25, -0.2) is 0 Å². The van der Waals surface area contributed by atoms with Crippen LogP contribution in [0, 0.1) is 5.41 Å². The van der Waals surface area contributed by atoms with E-state index in [1.54, 1.807) is 7.11 Å². The van der Waals surface area contributed by atoms with Crippen LogP contribution in [0.25, 0.3) is 0 Å². The fraction of sp³-hybridized carbons (Fsp3) is 0.125. The molecule has 1 aromatic carbocycles. The lowest BCUT2D eigenvalue weighted by Gasteiger charge is -1.93. The van der Waals surface area contributed by atoms with Gasteiger partial charge in [-0.2, -0.15) is 0 Å². The Hall–Kier alpha value is -1.71. The molecular formula is C8H13N3O.